The van der Waals surface area contributed by atoms with Crippen LogP contribution >= 0.6 is 0 Å². The van der Waals surface area contributed by atoms with Crippen molar-refractivity contribution in [1.82, 2.24) is 0 Å². The molecule has 2 heteroatoms. The second kappa shape index (κ2) is 3.78. The molecule has 2 atom stereocenters. The van der Waals surface area contributed by atoms with E-state index in [-0.39, 0.29) is 5.41 Å². The van der Waals surface area contributed by atoms with Crippen LogP contribution in [-0.4, -0.2) is 10.2 Å². The number of benzene rings is 2. The Bertz CT molecular complexity index is 701. The van der Waals surface area contributed by atoms with Crippen LogP contribution in [0.2, 0.25) is 0 Å². The van der Waals surface area contributed by atoms with E-state index in [4.69, 9.17) is 0 Å². The molecule has 0 heterocycles. The summed E-state index contributed by atoms with van der Waals surface area (Å²) >= 11 is 0. The van der Waals surface area contributed by atoms with E-state index in [1.54, 1.807) is 12.1 Å². The van der Waals surface area contributed by atoms with Gasteiger partial charge in [-0.2, -0.15) is 0 Å². The molecule has 0 fully saturated rings. The van der Waals surface area contributed by atoms with Gasteiger partial charge in [-0.25, -0.2) is 0 Å². The molecule has 2 nitrogen and oxygen atoms in total. The molecule has 0 radical (unpaired) electrons. The molecule has 0 aromatic heterocycles. The molecule has 0 aliphatic heterocycles. The van der Waals surface area contributed by atoms with Gasteiger partial charge in [0.05, 0.1) is 0 Å². The van der Waals surface area contributed by atoms with Crippen LogP contribution in [0, 0.1) is 5.41 Å². The van der Waals surface area contributed by atoms with Gasteiger partial charge in [-0.3, -0.25) is 0 Å². The highest BCUT2D eigenvalue weighted by molar-refractivity contribution is 5.48. The average Bonchev–Trinajstić information content (AvgIpc) is 2.88. The second-order valence-corrected chi connectivity index (χ2v) is 6.45. The van der Waals surface area contributed by atoms with E-state index < -0.39 is 0 Å². The fraction of sp³-hybridized carbons (Fsp3) is 0.333. The van der Waals surface area contributed by atoms with Gasteiger partial charge in [0.15, 0.2) is 0 Å². The molecule has 102 valence electrons. The number of hydrogen-bond donors (Lipinski definition) is 2. The minimum absolute atomic E-state index is 0.228. The number of fused-ring (bicyclic) bond motifs is 2. The number of hydrogen-bond acceptors (Lipinski definition) is 2. The molecule has 0 saturated heterocycles. The van der Waals surface area contributed by atoms with E-state index in [1.807, 2.05) is 12.1 Å². The second-order valence-electron chi connectivity index (χ2n) is 6.45. The zero-order valence-corrected chi connectivity index (χ0v) is 11.6. The third-order valence-corrected chi connectivity index (χ3v) is 5.33. The van der Waals surface area contributed by atoms with Gasteiger partial charge >= 0.3 is 0 Å². The summed E-state index contributed by atoms with van der Waals surface area (Å²) in [5, 5.41) is 19.4. The van der Waals surface area contributed by atoms with E-state index in [1.165, 1.54) is 22.3 Å². The minimum Gasteiger partial charge on any atom is -0.508 e. The summed E-state index contributed by atoms with van der Waals surface area (Å²) in [5.74, 6) is 1.22. The van der Waals surface area contributed by atoms with E-state index in [9.17, 15) is 10.2 Å². The van der Waals surface area contributed by atoms with Crippen molar-refractivity contribution >= 4 is 0 Å². The van der Waals surface area contributed by atoms with E-state index in [0.717, 1.165) is 19.3 Å². The molecule has 2 unspecified atom stereocenters. The molecule has 4 rings (SSSR count). The summed E-state index contributed by atoms with van der Waals surface area (Å²) in [5.41, 5.74) is 5.54. The standard InChI is InChI=1S/C18H18O2/c1-11-17-5-4-16(20)7-14(17)10-18(11)8-12-2-3-15(19)6-13(12)9-18/h2-7,11,19-20H,8-10H2,1H3. The monoisotopic (exact) mass is 266 g/mol. The van der Waals surface area contributed by atoms with Crippen LogP contribution < -0.4 is 0 Å². The van der Waals surface area contributed by atoms with Crippen LogP contribution in [0.25, 0.3) is 0 Å². The van der Waals surface area contributed by atoms with Crippen molar-refractivity contribution in [3.05, 3.63) is 58.7 Å². The first-order valence-electron chi connectivity index (χ1n) is 7.20. The zero-order chi connectivity index (χ0) is 13.9. The Hall–Kier alpha value is -1.96. The lowest BCUT2D eigenvalue weighted by molar-refractivity contribution is 0.273. The SMILES string of the molecule is CC1c2ccc(O)cc2CC12Cc1ccc(O)cc1C2. The van der Waals surface area contributed by atoms with Gasteiger partial charge in [0.2, 0.25) is 0 Å². The Morgan fingerprint density at radius 2 is 1.45 bits per heavy atom. The maximum atomic E-state index is 9.69. The van der Waals surface area contributed by atoms with Gasteiger partial charge < -0.3 is 10.2 Å². The highest BCUT2D eigenvalue weighted by atomic mass is 16.3. The third-order valence-electron chi connectivity index (χ3n) is 5.33. The maximum absolute atomic E-state index is 9.69. The highest BCUT2D eigenvalue weighted by Gasteiger charge is 2.47. The van der Waals surface area contributed by atoms with Crippen molar-refractivity contribution in [1.29, 1.82) is 0 Å². The summed E-state index contributed by atoms with van der Waals surface area (Å²) in [6.07, 6.45) is 3.11. The largest absolute Gasteiger partial charge is 0.508 e. The Labute approximate surface area is 118 Å². The van der Waals surface area contributed by atoms with Gasteiger partial charge in [-0.05, 0) is 77.1 Å². The molecule has 2 N–H and O–H groups in total. The Morgan fingerprint density at radius 3 is 2.25 bits per heavy atom. The molecular formula is C18H18O2. The lowest BCUT2D eigenvalue weighted by Gasteiger charge is -2.29. The average molecular weight is 266 g/mol. The van der Waals surface area contributed by atoms with Gasteiger partial charge in [0.1, 0.15) is 11.5 Å². The quantitative estimate of drug-likeness (QED) is 0.765. The summed E-state index contributed by atoms with van der Waals surface area (Å²) in [4.78, 5) is 0. The molecule has 20 heavy (non-hydrogen) atoms. The minimum atomic E-state index is 0.228. The number of aromatic hydroxyl groups is 2. The van der Waals surface area contributed by atoms with Crippen LogP contribution in [-0.2, 0) is 19.3 Å². The Kier molecular flexibility index (Phi) is 2.24. The molecular weight excluding hydrogens is 248 g/mol. The topological polar surface area (TPSA) is 40.5 Å². The predicted octanol–water partition coefficient (Wildman–Crippen LogP) is 3.54. The first kappa shape index (κ1) is 11.8. The predicted molar refractivity (Wildman–Crippen MR) is 78.2 cm³/mol. The fourth-order valence-electron chi connectivity index (χ4n) is 4.23. The molecule has 0 bridgehead atoms. The van der Waals surface area contributed by atoms with Crippen LogP contribution in [0.3, 0.4) is 0 Å². The maximum Gasteiger partial charge on any atom is 0.115 e. The van der Waals surface area contributed by atoms with Gasteiger partial charge in [0, 0.05) is 0 Å². The third kappa shape index (κ3) is 1.51. The smallest absolute Gasteiger partial charge is 0.115 e. The molecule has 0 amide bonds. The van der Waals surface area contributed by atoms with Crippen molar-refractivity contribution < 1.29 is 10.2 Å². The van der Waals surface area contributed by atoms with E-state index in [2.05, 4.69) is 19.1 Å². The molecule has 0 saturated carbocycles. The summed E-state index contributed by atoms with van der Waals surface area (Å²) < 4.78 is 0. The Balaban J connectivity index is 1.76. The van der Waals surface area contributed by atoms with Crippen molar-refractivity contribution in [2.75, 3.05) is 0 Å². The lowest BCUT2D eigenvalue weighted by Crippen LogP contribution is -2.25. The molecule has 2 aromatic carbocycles. The molecule has 2 aliphatic rings. The molecule has 2 aromatic rings. The van der Waals surface area contributed by atoms with Gasteiger partial charge in [-0.1, -0.05) is 19.1 Å². The van der Waals surface area contributed by atoms with Gasteiger partial charge in [-0.15, -0.1) is 0 Å². The van der Waals surface area contributed by atoms with Crippen LogP contribution in [0.5, 0.6) is 11.5 Å². The molecule has 2 aliphatic carbocycles. The first-order chi connectivity index (χ1) is 9.57. The van der Waals surface area contributed by atoms with Crippen molar-refractivity contribution in [3.8, 4) is 11.5 Å². The van der Waals surface area contributed by atoms with Crippen molar-refractivity contribution in [2.45, 2.75) is 32.1 Å². The van der Waals surface area contributed by atoms with Crippen molar-refractivity contribution in [3.63, 3.8) is 0 Å². The fourth-order valence-corrected chi connectivity index (χ4v) is 4.23. The number of phenols is 2. The zero-order valence-electron chi connectivity index (χ0n) is 11.6. The summed E-state index contributed by atoms with van der Waals surface area (Å²) in [7, 11) is 0. The summed E-state index contributed by atoms with van der Waals surface area (Å²) in [6, 6.07) is 11.5. The van der Waals surface area contributed by atoms with Crippen molar-refractivity contribution in [2.24, 2.45) is 5.41 Å². The molecule has 1 spiro atoms. The van der Waals surface area contributed by atoms with Crippen LogP contribution in [0.4, 0.5) is 0 Å². The lowest BCUT2D eigenvalue weighted by atomic mass is 9.74. The number of phenolic OH excluding ortho intramolecular Hbond substituents is 2. The van der Waals surface area contributed by atoms with Gasteiger partial charge in [0.25, 0.3) is 0 Å². The van der Waals surface area contributed by atoms with E-state index >= 15 is 0 Å². The Morgan fingerprint density at radius 1 is 0.850 bits per heavy atom. The van der Waals surface area contributed by atoms with E-state index in [0.29, 0.717) is 17.4 Å². The van der Waals surface area contributed by atoms with Crippen LogP contribution in [0.1, 0.15) is 35.1 Å². The highest BCUT2D eigenvalue weighted by Crippen LogP contribution is 2.55. The van der Waals surface area contributed by atoms with Crippen LogP contribution in [0.15, 0.2) is 36.4 Å². The normalized spacial score (nSPS) is 26.8. The number of rotatable bonds is 0. The summed E-state index contributed by atoms with van der Waals surface area (Å²) in [6.45, 7) is 2.30. The first-order valence-corrected chi connectivity index (χ1v) is 7.20.